The van der Waals surface area contributed by atoms with Crippen molar-refractivity contribution in [3.8, 4) is 0 Å². The number of carboxylic acids is 1. The number of alkyl carbamates (subject to hydrolysis) is 1. The Labute approximate surface area is 112 Å². The molecule has 1 atom stereocenters. The van der Waals surface area contributed by atoms with E-state index in [1.807, 2.05) is 29.9 Å². The van der Waals surface area contributed by atoms with Gasteiger partial charge in [0.1, 0.15) is 11.6 Å². The Kier molecular flexibility index (Phi) is 4.58. The number of ether oxygens (including phenoxy) is 1. The van der Waals surface area contributed by atoms with Gasteiger partial charge in [-0.2, -0.15) is 0 Å². The third kappa shape index (κ3) is 5.03. The number of carbonyl (C=O) groups is 2. The number of amides is 1. The molecule has 6 heteroatoms. The molecule has 6 nitrogen and oxygen atoms in total. The van der Waals surface area contributed by atoms with E-state index in [0.29, 0.717) is 0 Å². The van der Waals surface area contributed by atoms with E-state index >= 15 is 0 Å². The van der Waals surface area contributed by atoms with Crippen LogP contribution in [0.5, 0.6) is 0 Å². The highest BCUT2D eigenvalue weighted by atomic mass is 16.6. The highest BCUT2D eigenvalue weighted by Crippen LogP contribution is 2.08. The fraction of sp³-hybridized carbons (Fsp3) is 0.538. The first-order valence-electron chi connectivity index (χ1n) is 6.01. The molecule has 1 aromatic rings. The average Bonchev–Trinajstić information content (AvgIpc) is 2.60. The Morgan fingerprint density at radius 3 is 2.53 bits per heavy atom. The van der Waals surface area contributed by atoms with Gasteiger partial charge in [-0.05, 0) is 32.9 Å². The van der Waals surface area contributed by atoms with Crippen LogP contribution in [-0.4, -0.2) is 33.4 Å². The number of rotatable bonds is 4. The molecule has 0 fully saturated rings. The summed E-state index contributed by atoms with van der Waals surface area (Å²) in [6, 6.07) is 2.62. The first-order chi connectivity index (χ1) is 8.69. The number of aliphatic carboxylic acids is 1. The highest BCUT2D eigenvalue weighted by Gasteiger charge is 2.24. The summed E-state index contributed by atoms with van der Waals surface area (Å²) in [6.07, 6.45) is 1.30. The van der Waals surface area contributed by atoms with Gasteiger partial charge in [0, 0.05) is 25.4 Å². The molecule has 0 aliphatic carbocycles. The second-order valence-corrected chi connectivity index (χ2v) is 5.35. The standard InChI is InChI=1S/C13H20N2O4/c1-13(2,3)19-12(18)14-10(11(16)17)8-9-6-5-7-15(9)4/h5-7,10H,8H2,1-4H3,(H,14,18)(H,16,17). The molecule has 106 valence electrons. The van der Waals surface area contributed by atoms with Crippen LogP contribution in [0.25, 0.3) is 0 Å². The maximum atomic E-state index is 11.6. The third-order valence-corrected chi connectivity index (χ3v) is 2.45. The van der Waals surface area contributed by atoms with Crippen LogP contribution in [0.15, 0.2) is 18.3 Å². The van der Waals surface area contributed by atoms with Gasteiger partial charge >= 0.3 is 12.1 Å². The molecule has 0 spiro atoms. The molecule has 1 heterocycles. The van der Waals surface area contributed by atoms with Gasteiger partial charge in [-0.1, -0.05) is 0 Å². The average molecular weight is 268 g/mol. The molecule has 1 rings (SSSR count). The van der Waals surface area contributed by atoms with E-state index in [0.717, 1.165) is 5.69 Å². The Hall–Kier alpha value is -1.98. The second-order valence-electron chi connectivity index (χ2n) is 5.35. The quantitative estimate of drug-likeness (QED) is 0.868. The Balaban J connectivity index is 2.67. The van der Waals surface area contributed by atoms with Crippen molar-refractivity contribution in [1.29, 1.82) is 0 Å². The van der Waals surface area contributed by atoms with Crippen molar-refractivity contribution >= 4 is 12.1 Å². The smallest absolute Gasteiger partial charge is 0.408 e. The van der Waals surface area contributed by atoms with Gasteiger partial charge in [0.2, 0.25) is 0 Å². The lowest BCUT2D eigenvalue weighted by Crippen LogP contribution is -2.44. The summed E-state index contributed by atoms with van der Waals surface area (Å²) < 4.78 is 6.86. The molecular weight excluding hydrogens is 248 g/mol. The molecule has 0 bridgehead atoms. The van der Waals surface area contributed by atoms with Crippen molar-refractivity contribution in [3.63, 3.8) is 0 Å². The van der Waals surface area contributed by atoms with Crippen LogP contribution in [0, 0.1) is 0 Å². The van der Waals surface area contributed by atoms with Gasteiger partial charge in [-0.15, -0.1) is 0 Å². The highest BCUT2D eigenvalue weighted by molar-refractivity contribution is 5.80. The molecule has 2 N–H and O–H groups in total. The van der Waals surface area contributed by atoms with Crippen molar-refractivity contribution in [3.05, 3.63) is 24.0 Å². The predicted molar refractivity (Wildman–Crippen MR) is 69.9 cm³/mol. The number of nitrogens with one attached hydrogen (secondary N) is 1. The summed E-state index contributed by atoms with van der Waals surface area (Å²) in [6.45, 7) is 5.17. The lowest BCUT2D eigenvalue weighted by molar-refractivity contribution is -0.139. The summed E-state index contributed by atoms with van der Waals surface area (Å²) in [5.41, 5.74) is 0.168. The molecule has 0 saturated heterocycles. The van der Waals surface area contributed by atoms with Crippen LogP contribution in [0.2, 0.25) is 0 Å². The van der Waals surface area contributed by atoms with E-state index in [9.17, 15) is 9.59 Å². The molecular formula is C13H20N2O4. The van der Waals surface area contributed by atoms with Gasteiger partial charge in [0.25, 0.3) is 0 Å². The van der Waals surface area contributed by atoms with Crippen molar-refractivity contribution in [2.24, 2.45) is 7.05 Å². The molecule has 1 aromatic heterocycles. The number of aromatic nitrogens is 1. The number of carbonyl (C=O) groups excluding carboxylic acids is 1. The zero-order valence-corrected chi connectivity index (χ0v) is 11.6. The normalized spacial score (nSPS) is 12.8. The Bertz CT molecular complexity index is 459. The minimum Gasteiger partial charge on any atom is -0.480 e. The summed E-state index contributed by atoms with van der Waals surface area (Å²) in [4.78, 5) is 22.7. The van der Waals surface area contributed by atoms with Gasteiger partial charge in [0.15, 0.2) is 0 Å². The summed E-state index contributed by atoms with van der Waals surface area (Å²) in [5, 5.41) is 11.5. The summed E-state index contributed by atoms with van der Waals surface area (Å²) in [5.74, 6) is -1.09. The van der Waals surface area contributed by atoms with E-state index in [-0.39, 0.29) is 6.42 Å². The zero-order valence-electron chi connectivity index (χ0n) is 11.6. The van der Waals surface area contributed by atoms with Gasteiger partial charge in [0.05, 0.1) is 0 Å². The molecule has 1 amide bonds. The summed E-state index contributed by atoms with van der Waals surface area (Å²) in [7, 11) is 1.82. The van der Waals surface area contributed by atoms with Crippen LogP contribution < -0.4 is 5.32 Å². The second kappa shape index (κ2) is 5.77. The largest absolute Gasteiger partial charge is 0.480 e. The van der Waals surface area contributed by atoms with Gasteiger partial charge in [-0.3, -0.25) is 0 Å². The Morgan fingerprint density at radius 1 is 1.47 bits per heavy atom. The fourth-order valence-corrected chi connectivity index (χ4v) is 1.57. The van der Waals surface area contributed by atoms with Crippen LogP contribution in [-0.2, 0) is 23.0 Å². The monoisotopic (exact) mass is 268 g/mol. The first kappa shape index (κ1) is 15.1. The molecule has 0 aliphatic rings. The maximum Gasteiger partial charge on any atom is 0.408 e. The minimum absolute atomic E-state index is 0.206. The van der Waals surface area contributed by atoms with Crippen molar-refractivity contribution in [1.82, 2.24) is 9.88 Å². The predicted octanol–water partition coefficient (Wildman–Crippen LogP) is 1.55. The number of hydrogen-bond donors (Lipinski definition) is 2. The van der Waals surface area contributed by atoms with E-state index in [1.54, 1.807) is 20.8 Å². The molecule has 0 radical (unpaired) electrons. The molecule has 0 aliphatic heterocycles. The fourth-order valence-electron chi connectivity index (χ4n) is 1.57. The van der Waals surface area contributed by atoms with Crippen LogP contribution >= 0.6 is 0 Å². The summed E-state index contributed by atoms with van der Waals surface area (Å²) >= 11 is 0. The Morgan fingerprint density at radius 2 is 2.11 bits per heavy atom. The van der Waals surface area contributed by atoms with Crippen molar-refractivity contribution < 1.29 is 19.4 Å². The maximum absolute atomic E-state index is 11.6. The number of carboxylic acid groups (broad SMARTS) is 1. The van der Waals surface area contributed by atoms with Crippen molar-refractivity contribution in [2.75, 3.05) is 0 Å². The number of hydrogen-bond acceptors (Lipinski definition) is 3. The topological polar surface area (TPSA) is 80.6 Å². The van der Waals surface area contributed by atoms with E-state index in [4.69, 9.17) is 9.84 Å². The molecule has 1 unspecified atom stereocenters. The SMILES string of the molecule is Cn1cccc1CC(NC(=O)OC(C)(C)C)C(=O)O. The molecule has 0 saturated carbocycles. The lowest BCUT2D eigenvalue weighted by Gasteiger charge is -2.22. The molecule has 0 aromatic carbocycles. The van der Waals surface area contributed by atoms with E-state index in [1.165, 1.54) is 0 Å². The zero-order chi connectivity index (χ0) is 14.6. The third-order valence-electron chi connectivity index (χ3n) is 2.45. The molecule has 19 heavy (non-hydrogen) atoms. The van der Waals surface area contributed by atoms with Crippen LogP contribution in [0.3, 0.4) is 0 Å². The number of aryl methyl sites for hydroxylation is 1. The van der Waals surface area contributed by atoms with Crippen LogP contribution in [0.1, 0.15) is 26.5 Å². The van der Waals surface area contributed by atoms with Gasteiger partial charge < -0.3 is 19.7 Å². The van der Waals surface area contributed by atoms with Gasteiger partial charge in [-0.25, -0.2) is 9.59 Å². The van der Waals surface area contributed by atoms with Crippen molar-refractivity contribution in [2.45, 2.75) is 38.8 Å². The lowest BCUT2D eigenvalue weighted by atomic mass is 10.1. The number of nitrogens with zero attached hydrogens (tertiary/aromatic N) is 1. The van der Waals surface area contributed by atoms with E-state index in [2.05, 4.69) is 5.32 Å². The van der Waals surface area contributed by atoms with E-state index < -0.39 is 23.7 Å². The minimum atomic E-state index is -1.09. The first-order valence-corrected chi connectivity index (χ1v) is 6.01. The van der Waals surface area contributed by atoms with Crippen LogP contribution in [0.4, 0.5) is 4.79 Å².